The lowest BCUT2D eigenvalue weighted by Crippen LogP contribution is -2.51. The molecule has 3 saturated heterocycles. The van der Waals surface area contributed by atoms with Crippen LogP contribution in [0.1, 0.15) is 62.2 Å². The Morgan fingerprint density at radius 3 is 2.22 bits per heavy atom. The van der Waals surface area contributed by atoms with Gasteiger partial charge in [-0.15, -0.1) is 0 Å². The lowest BCUT2D eigenvalue weighted by molar-refractivity contribution is -0.154. The quantitative estimate of drug-likeness (QED) is 0.546. The second kappa shape index (κ2) is 8.91. The van der Waals surface area contributed by atoms with E-state index in [0.29, 0.717) is 25.1 Å². The van der Waals surface area contributed by atoms with Gasteiger partial charge in [0.1, 0.15) is 17.2 Å². The molecule has 0 amide bonds. The number of hydrogen-bond donors (Lipinski definition) is 0. The van der Waals surface area contributed by atoms with Gasteiger partial charge >= 0.3 is 5.97 Å². The van der Waals surface area contributed by atoms with Gasteiger partial charge in [0, 0.05) is 37.9 Å². The number of carbonyl (C=O) groups excluding carboxylic acids is 1. The Bertz CT molecular complexity index is 933. The summed E-state index contributed by atoms with van der Waals surface area (Å²) in [5.41, 5.74) is 1.61. The van der Waals surface area contributed by atoms with Crippen molar-refractivity contribution in [3.8, 4) is 0 Å². The number of esters is 1. The molecule has 4 nitrogen and oxygen atoms in total. The molecule has 0 aliphatic carbocycles. The third-order valence-corrected chi connectivity index (χ3v) is 7.36. The first kappa shape index (κ1) is 21.5. The largest absolute Gasteiger partial charge is 0.459 e. The SMILES string of the molecule is O=C1CCC2(CC3CCC(C2)N3CCC(OCc2ccc(F)cc2)c2ccc(F)cc2)O1. The van der Waals surface area contributed by atoms with Crippen molar-refractivity contribution in [2.75, 3.05) is 6.54 Å². The second-order valence-corrected chi connectivity index (χ2v) is 9.45. The highest BCUT2D eigenvalue weighted by Crippen LogP contribution is 2.47. The van der Waals surface area contributed by atoms with E-state index in [1.165, 1.54) is 24.3 Å². The third-order valence-electron chi connectivity index (χ3n) is 7.36. The highest BCUT2D eigenvalue weighted by Gasteiger charge is 2.52. The van der Waals surface area contributed by atoms with Crippen LogP contribution in [-0.2, 0) is 20.9 Å². The lowest BCUT2D eigenvalue weighted by Gasteiger charge is -2.44. The zero-order chi connectivity index (χ0) is 22.1. The molecular formula is C26H29F2NO3. The van der Waals surface area contributed by atoms with Crippen LogP contribution in [-0.4, -0.2) is 35.1 Å². The average Bonchev–Trinajstić information content (AvgIpc) is 3.26. The Morgan fingerprint density at radius 2 is 1.62 bits per heavy atom. The van der Waals surface area contributed by atoms with Crippen LogP contribution in [0.15, 0.2) is 48.5 Å². The molecule has 1 spiro atoms. The summed E-state index contributed by atoms with van der Waals surface area (Å²) in [6.45, 7) is 1.25. The maximum Gasteiger partial charge on any atom is 0.306 e. The van der Waals surface area contributed by atoms with Crippen molar-refractivity contribution in [3.63, 3.8) is 0 Å². The molecule has 5 rings (SSSR count). The fraction of sp³-hybridized carbons (Fsp3) is 0.500. The first-order valence-corrected chi connectivity index (χ1v) is 11.6. The molecule has 32 heavy (non-hydrogen) atoms. The van der Waals surface area contributed by atoms with Crippen LogP contribution in [0.3, 0.4) is 0 Å². The van der Waals surface area contributed by atoms with Gasteiger partial charge in [-0.05, 0) is 61.1 Å². The van der Waals surface area contributed by atoms with Crippen molar-refractivity contribution in [3.05, 3.63) is 71.3 Å². The normalized spacial score (nSPS) is 28.2. The number of rotatable bonds is 7. The Kier molecular flexibility index (Phi) is 5.99. The zero-order valence-electron chi connectivity index (χ0n) is 18.1. The van der Waals surface area contributed by atoms with E-state index in [-0.39, 0.29) is 29.3 Å². The number of carbonyl (C=O) groups is 1. The molecule has 0 radical (unpaired) electrons. The zero-order valence-corrected chi connectivity index (χ0v) is 18.1. The lowest BCUT2D eigenvalue weighted by atomic mass is 9.83. The van der Waals surface area contributed by atoms with Gasteiger partial charge in [-0.25, -0.2) is 8.78 Å². The summed E-state index contributed by atoms with van der Waals surface area (Å²) in [4.78, 5) is 14.3. The minimum Gasteiger partial charge on any atom is -0.459 e. The van der Waals surface area contributed by atoms with E-state index in [9.17, 15) is 13.6 Å². The van der Waals surface area contributed by atoms with Crippen molar-refractivity contribution < 1.29 is 23.0 Å². The molecular weight excluding hydrogens is 412 g/mol. The van der Waals surface area contributed by atoms with Crippen molar-refractivity contribution in [1.29, 1.82) is 0 Å². The monoisotopic (exact) mass is 441 g/mol. The van der Waals surface area contributed by atoms with Gasteiger partial charge in [0.05, 0.1) is 12.7 Å². The molecule has 3 atom stereocenters. The first-order chi connectivity index (χ1) is 15.5. The van der Waals surface area contributed by atoms with Crippen LogP contribution >= 0.6 is 0 Å². The van der Waals surface area contributed by atoms with Crippen LogP contribution < -0.4 is 0 Å². The van der Waals surface area contributed by atoms with Gasteiger partial charge in [0.2, 0.25) is 0 Å². The van der Waals surface area contributed by atoms with Gasteiger partial charge in [0.15, 0.2) is 0 Å². The van der Waals surface area contributed by atoms with Gasteiger partial charge in [-0.3, -0.25) is 9.69 Å². The van der Waals surface area contributed by atoms with E-state index in [1.807, 2.05) is 0 Å². The van der Waals surface area contributed by atoms with Crippen LogP contribution in [0.5, 0.6) is 0 Å². The van der Waals surface area contributed by atoms with Gasteiger partial charge in [0.25, 0.3) is 0 Å². The minimum absolute atomic E-state index is 0.0524. The molecule has 170 valence electrons. The predicted octanol–water partition coefficient (Wildman–Crippen LogP) is 5.32. The molecule has 3 heterocycles. The highest BCUT2D eigenvalue weighted by atomic mass is 19.1. The summed E-state index contributed by atoms with van der Waals surface area (Å²) >= 11 is 0. The summed E-state index contributed by atoms with van der Waals surface area (Å²) in [6, 6.07) is 13.7. The number of nitrogens with zero attached hydrogens (tertiary/aromatic N) is 1. The third kappa shape index (κ3) is 4.57. The summed E-state index contributed by atoms with van der Waals surface area (Å²) in [6.07, 6.45) is 6.13. The van der Waals surface area contributed by atoms with Gasteiger partial charge < -0.3 is 9.47 Å². The molecule has 0 aromatic heterocycles. The van der Waals surface area contributed by atoms with Crippen LogP contribution in [0.25, 0.3) is 0 Å². The molecule has 2 aromatic rings. The predicted molar refractivity (Wildman–Crippen MR) is 116 cm³/mol. The summed E-state index contributed by atoms with van der Waals surface area (Å²) < 4.78 is 38.7. The average molecular weight is 442 g/mol. The summed E-state index contributed by atoms with van der Waals surface area (Å²) in [5, 5.41) is 0. The second-order valence-electron chi connectivity index (χ2n) is 9.45. The van der Waals surface area contributed by atoms with Crippen molar-refractivity contribution in [1.82, 2.24) is 4.90 Å². The maximum absolute atomic E-state index is 13.5. The summed E-state index contributed by atoms with van der Waals surface area (Å²) in [5.74, 6) is -0.588. The molecule has 2 bridgehead atoms. The Balaban J connectivity index is 1.25. The molecule has 3 fully saturated rings. The van der Waals surface area contributed by atoms with E-state index in [4.69, 9.17) is 9.47 Å². The van der Waals surface area contributed by atoms with E-state index in [0.717, 1.165) is 56.2 Å². The van der Waals surface area contributed by atoms with Crippen LogP contribution in [0.4, 0.5) is 8.78 Å². The molecule has 3 aliphatic heterocycles. The van der Waals surface area contributed by atoms with E-state index in [2.05, 4.69) is 4.90 Å². The number of hydrogen-bond acceptors (Lipinski definition) is 4. The van der Waals surface area contributed by atoms with Crippen molar-refractivity contribution in [2.24, 2.45) is 0 Å². The van der Waals surface area contributed by atoms with E-state index >= 15 is 0 Å². The number of fused-ring (bicyclic) bond motifs is 2. The molecule has 3 aliphatic rings. The van der Waals surface area contributed by atoms with E-state index in [1.54, 1.807) is 24.3 Å². The number of ether oxygens (including phenoxy) is 2. The molecule has 3 unspecified atom stereocenters. The minimum atomic E-state index is -0.268. The molecule has 0 saturated carbocycles. The topological polar surface area (TPSA) is 38.8 Å². The standard InChI is InChI=1S/C26H29F2NO3/c27-20-5-1-18(2-6-20)17-31-24(19-3-7-21(28)8-4-19)12-14-29-22-9-10-23(29)16-26(15-22)13-11-25(30)32-26/h1-8,22-24H,9-17H2. The number of piperidine rings is 1. The Labute approximate surface area is 187 Å². The van der Waals surface area contributed by atoms with Crippen molar-refractivity contribution >= 4 is 5.97 Å². The Morgan fingerprint density at radius 1 is 1.00 bits per heavy atom. The molecule has 6 heteroatoms. The van der Waals surface area contributed by atoms with E-state index < -0.39 is 0 Å². The van der Waals surface area contributed by atoms with Gasteiger partial charge in [-0.2, -0.15) is 0 Å². The molecule has 2 aromatic carbocycles. The summed E-state index contributed by atoms with van der Waals surface area (Å²) in [7, 11) is 0. The fourth-order valence-corrected chi connectivity index (χ4v) is 5.79. The first-order valence-electron chi connectivity index (χ1n) is 11.6. The number of halogens is 2. The number of benzene rings is 2. The van der Waals surface area contributed by atoms with Crippen LogP contribution in [0.2, 0.25) is 0 Å². The van der Waals surface area contributed by atoms with Crippen LogP contribution in [0, 0.1) is 11.6 Å². The Hall–Kier alpha value is -2.31. The highest BCUT2D eigenvalue weighted by molar-refractivity contribution is 5.72. The van der Waals surface area contributed by atoms with Crippen molar-refractivity contribution in [2.45, 2.75) is 75.3 Å². The van der Waals surface area contributed by atoms with Gasteiger partial charge in [-0.1, -0.05) is 24.3 Å². The maximum atomic E-state index is 13.5. The smallest absolute Gasteiger partial charge is 0.306 e. The fourth-order valence-electron chi connectivity index (χ4n) is 5.79. The molecule has 0 N–H and O–H groups in total.